The molecule has 0 fully saturated rings. The summed E-state index contributed by atoms with van der Waals surface area (Å²) in [6.45, 7) is 3.33. The lowest BCUT2D eigenvalue weighted by Crippen LogP contribution is -2.48. The Bertz CT molecular complexity index is 939. The lowest BCUT2D eigenvalue weighted by atomic mass is 9.90. The van der Waals surface area contributed by atoms with E-state index < -0.39 is 35.9 Å². The standard InChI is InChI=1S/C22H22F4N2O2/c1-21(2,14-8-10-15(23)11-9-14)28-18(16-6-3-4-7-17(16)20(28)30)19(29)27-13-5-12-22(24,25)26/h3-4,6-11,18H,5,12-13H2,1-2H3,(H,27,29). The Kier molecular flexibility index (Phi) is 5.87. The molecule has 2 amide bonds. The van der Waals surface area contributed by atoms with E-state index in [4.69, 9.17) is 0 Å². The number of hydrogen-bond donors (Lipinski definition) is 1. The van der Waals surface area contributed by atoms with Crippen molar-refractivity contribution < 1.29 is 27.2 Å². The van der Waals surface area contributed by atoms with Gasteiger partial charge in [-0.15, -0.1) is 0 Å². The zero-order valence-corrected chi connectivity index (χ0v) is 16.6. The second-order valence-corrected chi connectivity index (χ2v) is 7.74. The van der Waals surface area contributed by atoms with E-state index in [2.05, 4.69) is 5.32 Å². The van der Waals surface area contributed by atoms with Crippen LogP contribution in [0.4, 0.5) is 17.6 Å². The lowest BCUT2D eigenvalue weighted by molar-refractivity contribution is -0.136. The first-order chi connectivity index (χ1) is 14.0. The summed E-state index contributed by atoms with van der Waals surface area (Å²) in [5.74, 6) is -1.34. The van der Waals surface area contributed by atoms with Crippen molar-refractivity contribution in [1.29, 1.82) is 0 Å². The van der Waals surface area contributed by atoms with Crippen molar-refractivity contribution in [3.63, 3.8) is 0 Å². The van der Waals surface area contributed by atoms with Crippen LogP contribution in [0.2, 0.25) is 0 Å². The number of amides is 2. The van der Waals surface area contributed by atoms with Gasteiger partial charge in [-0.25, -0.2) is 4.39 Å². The van der Waals surface area contributed by atoms with Gasteiger partial charge in [-0.3, -0.25) is 9.59 Å². The normalized spacial score (nSPS) is 16.5. The van der Waals surface area contributed by atoms with Gasteiger partial charge in [0.25, 0.3) is 5.91 Å². The number of alkyl halides is 3. The second-order valence-electron chi connectivity index (χ2n) is 7.74. The molecule has 0 spiro atoms. The molecule has 0 saturated heterocycles. The van der Waals surface area contributed by atoms with Gasteiger partial charge in [0.15, 0.2) is 0 Å². The first kappa shape index (κ1) is 21.8. The molecule has 1 N–H and O–H groups in total. The molecule has 8 heteroatoms. The molecule has 1 heterocycles. The Morgan fingerprint density at radius 2 is 1.70 bits per heavy atom. The van der Waals surface area contributed by atoms with Crippen molar-refractivity contribution in [2.75, 3.05) is 6.54 Å². The van der Waals surface area contributed by atoms with E-state index in [1.807, 2.05) is 0 Å². The van der Waals surface area contributed by atoms with Crippen LogP contribution in [0.5, 0.6) is 0 Å². The van der Waals surface area contributed by atoms with Gasteiger partial charge in [-0.05, 0) is 49.6 Å². The molecule has 0 bridgehead atoms. The van der Waals surface area contributed by atoms with Gasteiger partial charge in [-0.2, -0.15) is 13.2 Å². The van der Waals surface area contributed by atoms with Crippen LogP contribution in [0.3, 0.4) is 0 Å². The summed E-state index contributed by atoms with van der Waals surface area (Å²) in [4.78, 5) is 27.6. The first-order valence-corrected chi connectivity index (χ1v) is 9.55. The summed E-state index contributed by atoms with van der Waals surface area (Å²) in [6, 6.07) is 11.3. The van der Waals surface area contributed by atoms with Gasteiger partial charge in [0.2, 0.25) is 5.91 Å². The highest BCUT2D eigenvalue weighted by Crippen LogP contribution is 2.43. The molecule has 0 radical (unpaired) electrons. The average molecular weight is 422 g/mol. The third-order valence-electron chi connectivity index (χ3n) is 5.30. The number of carbonyl (C=O) groups excluding carboxylic acids is 2. The fraction of sp³-hybridized carbons (Fsp3) is 0.364. The minimum atomic E-state index is -4.29. The fourth-order valence-electron chi connectivity index (χ4n) is 3.75. The van der Waals surface area contributed by atoms with Gasteiger partial charge in [-0.1, -0.05) is 30.3 Å². The zero-order chi connectivity index (χ0) is 22.1. The van der Waals surface area contributed by atoms with E-state index in [0.717, 1.165) is 0 Å². The second kappa shape index (κ2) is 8.08. The highest BCUT2D eigenvalue weighted by atomic mass is 19.4. The summed E-state index contributed by atoms with van der Waals surface area (Å²) >= 11 is 0. The Balaban J connectivity index is 1.90. The molecule has 2 aromatic carbocycles. The molecule has 1 aliphatic heterocycles. The number of fused-ring (bicyclic) bond motifs is 1. The molecule has 30 heavy (non-hydrogen) atoms. The smallest absolute Gasteiger partial charge is 0.354 e. The fourth-order valence-corrected chi connectivity index (χ4v) is 3.75. The van der Waals surface area contributed by atoms with Crippen LogP contribution in [0.15, 0.2) is 48.5 Å². The number of carbonyl (C=O) groups is 2. The molecular weight excluding hydrogens is 400 g/mol. The predicted molar refractivity (Wildman–Crippen MR) is 103 cm³/mol. The minimum absolute atomic E-state index is 0.157. The molecule has 160 valence electrons. The Morgan fingerprint density at radius 1 is 1.07 bits per heavy atom. The SMILES string of the molecule is CC(C)(c1ccc(F)cc1)N1C(=O)c2ccccc2C1C(=O)NCCCC(F)(F)F. The van der Waals surface area contributed by atoms with Crippen molar-refractivity contribution in [2.45, 2.75) is 44.4 Å². The third kappa shape index (κ3) is 4.32. The first-order valence-electron chi connectivity index (χ1n) is 9.55. The quantitative estimate of drug-likeness (QED) is 0.541. The van der Waals surface area contributed by atoms with E-state index in [1.165, 1.54) is 17.0 Å². The Hall–Kier alpha value is -2.90. The number of benzene rings is 2. The van der Waals surface area contributed by atoms with E-state index >= 15 is 0 Å². The van der Waals surface area contributed by atoms with Gasteiger partial charge in [0.1, 0.15) is 11.9 Å². The van der Waals surface area contributed by atoms with Crippen molar-refractivity contribution >= 4 is 11.8 Å². The maximum Gasteiger partial charge on any atom is 0.389 e. The van der Waals surface area contributed by atoms with Crippen molar-refractivity contribution in [1.82, 2.24) is 10.2 Å². The van der Waals surface area contributed by atoms with Crippen LogP contribution in [0.25, 0.3) is 0 Å². The van der Waals surface area contributed by atoms with Crippen LogP contribution in [-0.2, 0) is 10.3 Å². The molecule has 0 saturated carbocycles. The van der Waals surface area contributed by atoms with E-state index in [0.29, 0.717) is 16.7 Å². The number of nitrogens with one attached hydrogen (secondary N) is 1. The van der Waals surface area contributed by atoms with E-state index in [-0.39, 0.29) is 18.9 Å². The van der Waals surface area contributed by atoms with Crippen molar-refractivity contribution in [2.24, 2.45) is 0 Å². The average Bonchev–Trinajstić information content (AvgIpc) is 2.98. The summed E-state index contributed by atoms with van der Waals surface area (Å²) in [6.07, 6.45) is -5.55. The van der Waals surface area contributed by atoms with Crippen LogP contribution in [0.1, 0.15) is 54.2 Å². The predicted octanol–water partition coefficient (Wildman–Crippen LogP) is 4.72. The topological polar surface area (TPSA) is 49.4 Å². The molecule has 4 nitrogen and oxygen atoms in total. The van der Waals surface area contributed by atoms with Crippen LogP contribution >= 0.6 is 0 Å². The summed E-state index contributed by atoms with van der Waals surface area (Å²) < 4.78 is 50.5. The summed E-state index contributed by atoms with van der Waals surface area (Å²) in [7, 11) is 0. The third-order valence-corrected chi connectivity index (χ3v) is 5.30. The largest absolute Gasteiger partial charge is 0.389 e. The monoisotopic (exact) mass is 422 g/mol. The summed E-state index contributed by atoms with van der Waals surface area (Å²) in [5.41, 5.74) is 0.506. The molecule has 3 rings (SSSR count). The number of hydrogen-bond acceptors (Lipinski definition) is 2. The maximum absolute atomic E-state index is 13.4. The highest BCUT2D eigenvalue weighted by Gasteiger charge is 2.48. The molecule has 1 atom stereocenters. The van der Waals surface area contributed by atoms with Crippen LogP contribution < -0.4 is 5.32 Å². The van der Waals surface area contributed by atoms with Gasteiger partial charge in [0.05, 0.1) is 5.54 Å². The molecule has 1 aliphatic rings. The highest BCUT2D eigenvalue weighted by molar-refractivity contribution is 6.05. The molecule has 1 unspecified atom stereocenters. The Morgan fingerprint density at radius 3 is 2.33 bits per heavy atom. The molecule has 0 aromatic heterocycles. The zero-order valence-electron chi connectivity index (χ0n) is 16.6. The number of halogens is 4. The maximum atomic E-state index is 13.4. The summed E-state index contributed by atoms with van der Waals surface area (Å²) in [5, 5.41) is 2.53. The van der Waals surface area contributed by atoms with Crippen LogP contribution in [0, 0.1) is 5.82 Å². The van der Waals surface area contributed by atoms with E-state index in [9.17, 15) is 27.2 Å². The minimum Gasteiger partial charge on any atom is -0.354 e. The van der Waals surface area contributed by atoms with Crippen molar-refractivity contribution in [3.05, 3.63) is 71.0 Å². The Labute approximate surface area is 171 Å². The molecule has 2 aromatic rings. The molecular formula is C22H22F4N2O2. The number of nitrogens with zero attached hydrogens (tertiary/aromatic N) is 1. The lowest BCUT2D eigenvalue weighted by Gasteiger charge is -2.40. The van der Waals surface area contributed by atoms with E-state index in [1.54, 1.807) is 50.2 Å². The molecule has 0 aliphatic carbocycles. The van der Waals surface area contributed by atoms with Gasteiger partial charge in [0, 0.05) is 18.5 Å². The van der Waals surface area contributed by atoms with Crippen LogP contribution in [-0.4, -0.2) is 29.4 Å². The van der Waals surface area contributed by atoms with Gasteiger partial charge < -0.3 is 10.2 Å². The number of rotatable bonds is 6. The van der Waals surface area contributed by atoms with Crippen molar-refractivity contribution in [3.8, 4) is 0 Å². The van der Waals surface area contributed by atoms with Gasteiger partial charge >= 0.3 is 6.18 Å².